The van der Waals surface area contributed by atoms with Crippen LogP contribution < -0.4 is 10.6 Å². The molecule has 8 heteroatoms. The summed E-state index contributed by atoms with van der Waals surface area (Å²) in [6.07, 6.45) is 0. The summed E-state index contributed by atoms with van der Waals surface area (Å²) in [7, 11) is 0. The highest BCUT2D eigenvalue weighted by Crippen LogP contribution is 2.25. The Morgan fingerprint density at radius 1 is 1.12 bits per heavy atom. The summed E-state index contributed by atoms with van der Waals surface area (Å²) in [5, 5.41) is 7.56. The van der Waals surface area contributed by atoms with Crippen LogP contribution in [0.1, 0.15) is 0 Å². The minimum atomic E-state index is -0.318. The third kappa shape index (κ3) is 3.95. The number of halogens is 3. The van der Waals surface area contributed by atoms with Gasteiger partial charge in [-0.25, -0.2) is 4.39 Å². The minimum absolute atomic E-state index is 0.318. The fourth-order valence-electron chi connectivity index (χ4n) is 2.21. The van der Waals surface area contributed by atoms with Gasteiger partial charge in [-0.05, 0) is 48.6 Å². The van der Waals surface area contributed by atoms with Crippen molar-refractivity contribution in [2.24, 2.45) is 4.99 Å². The zero-order valence-corrected chi connectivity index (χ0v) is 14.7. The first-order valence-electron chi connectivity index (χ1n) is 7.13. The molecule has 124 valence electrons. The van der Waals surface area contributed by atoms with Crippen molar-refractivity contribution in [3.8, 4) is 0 Å². The van der Waals surface area contributed by atoms with E-state index < -0.39 is 0 Å². The van der Waals surface area contributed by atoms with Gasteiger partial charge in [-0.15, -0.1) is 0 Å². The normalized spacial score (nSPS) is 13.6. The van der Waals surface area contributed by atoms with Gasteiger partial charge in [0.2, 0.25) is 5.96 Å². The first-order valence-corrected chi connectivity index (χ1v) is 8.30. The van der Waals surface area contributed by atoms with Gasteiger partial charge in [0, 0.05) is 17.9 Å². The number of nitrogens with one attached hydrogen (secondary N) is 2. The number of nitrogens with zero attached hydrogens (tertiary/aromatic N) is 2. The fourth-order valence-corrected chi connectivity index (χ4v) is 2.81. The fraction of sp³-hybridized carbons (Fsp3) is 0.125. The third-order valence-corrected chi connectivity index (χ3v) is 4.40. The summed E-state index contributed by atoms with van der Waals surface area (Å²) in [4.78, 5) is 6.18. The summed E-state index contributed by atoms with van der Waals surface area (Å²) in [6, 6.07) is 11.3. The molecule has 0 bridgehead atoms. The lowest BCUT2D eigenvalue weighted by Crippen LogP contribution is -2.40. The molecule has 0 spiro atoms. The van der Waals surface area contributed by atoms with Crippen LogP contribution >= 0.6 is 35.4 Å². The van der Waals surface area contributed by atoms with Crippen LogP contribution in [0.2, 0.25) is 10.0 Å². The van der Waals surface area contributed by atoms with Gasteiger partial charge in [0.1, 0.15) is 5.82 Å². The first-order chi connectivity index (χ1) is 11.5. The Balaban J connectivity index is 1.70. The molecular formula is C16H13Cl2FN4S. The van der Waals surface area contributed by atoms with Gasteiger partial charge in [0.25, 0.3) is 0 Å². The minimum Gasteiger partial charge on any atom is -0.332 e. The van der Waals surface area contributed by atoms with Crippen molar-refractivity contribution in [3.05, 3.63) is 58.3 Å². The van der Waals surface area contributed by atoms with Crippen LogP contribution in [0.5, 0.6) is 0 Å². The number of hydrogen-bond acceptors (Lipinski definition) is 3. The predicted octanol–water partition coefficient (Wildman–Crippen LogP) is 4.61. The lowest BCUT2D eigenvalue weighted by atomic mass is 10.3. The lowest BCUT2D eigenvalue weighted by molar-refractivity contribution is 0.628. The van der Waals surface area contributed by atoms with Crippen LogP contribution in [0.3, 0.4) is 0 Å². The molecule has 0 fully saturated rings. The smallest absolute Gasteiger partial charge is 0.204 e. The standard InChI is InChI=1S/C16H13Cl2FN4S/c17-13-5-4-12(9-14(13)18)22-16(24)23-7-6-20-15(23)21-11-3-1-2-10(19)8-11/h1-5,8-9H,6-7H2,(H,20,21)(H,22,24). The highest BCUT2D eigenvalue weighted by Gasteiger charge is 2.21. The van der Waals surface area contributed by atoms with Crippen LogP contribution in [0.15, 0.2) is 47.5 Å². The van der Waals surface area contributed by atoms with E-state index in [0.717, 1.165) is 5.69 Å². The maximum atomic E-state index is 13.3. The third-order valence-electron chi connectivity index (χ3n) is 3.34. The molecule has 4 nitrogen and oxygen atoms in total. The molecule has 0 saturated heterocycles. The molecule has 1 heterocycles. The van der Waals surface area contributed by atoms with Crippen molar-refractivity contribution in [1.29, 1.82) is 0 Å². The van der Waals surface area contributed by atoms with Gasteiger partial charge in [-0.1, -0.05) is 29.3 Å². The van der Waals surface area contributed by atoms with E-state index in [2.05, 4.69) is 15.6 Å². The first kappa shape index (κ1) is 17.0. The Labute approximate surface area is 154 Å². The lowest BCUT2D eigenvalue weighted by Gasteiger charge is -2.22. The second kappa shape index (κ2) is 7.34. The van der Waals surface area contributed by atoms with Crippen molar-refractivity contribution in [3.63, 3.8) is 0 Å². The van der Waals surface area contributed by atoms with Gasteiger partial charge in [-0.3, -0.25) is 9.89 Å². The summed E-state index contributed by atoms with van der Waals surface area (Å²) in [6.45, 7) is 1.23. The quantitative estimate of drug-likeness (QED) is 0.743. The van der Waals surface area contributed by atoms with Gasteiger partial charge in [0.15, 0.2) is 5.11 Å². The molecule has 1 aliphatic heterocycles. The highest BCUT2D eigenvalue weighted by molar-refractivity contribution is 7.80. The van der Waals surface area contributed by atoms with E-state index >= 15 is 0 Å². The number of aliphatic imine (C=N–C) groups is 1. The molecule has 0 atom stereocenters. The van der Waals surface area contributed by atoms with Gasteiger partial charge in [0.05, 0.1) is 16.6 Å². The van der Waals surface area contributed by atoms with Gasteiger partial charge in [-0.2, -0.15) is 0 Å². The molecule has 3 rings (SSSR count). The van der Waals surface area contributed by atoms with Crippen LogP contribution in [0.25, 0.3) is 0 Å². The topological polar surface area (TPSA) is 39.7 Å². The second-order valence-electron chi connectivity index (χ2n) is 5.05. The Morgan fingerprint density at radius 3 is 2.71 bits per heavy atom. The van der Waals surface area contributed by atoms with Crippen LogP contribution in [-0.2, 0) is 0 Å². The maximum absolute atomic E-state index is 13.3. The number of benzene rings is 2. The summed E-state index contributed by atoms with van der Waals surface area (Å²) in [5.41, 5.74) is 1.34. The molecule has 24 heavy (non-hydrogen) atoms. The van der Waals surface area contributed by atoms with E-state index in [1.54, 1.807) is 30.3 Å². The molecule has 2 aromatic rings. The van der Waals surface area contributed by atoms with Gasteiger partial charge >= 0.3 is 0 Å². The van der Waals surface area contributed by atoms with E-state index in [0.29, 0.717) is 39.9 Å². The number of hydrogen-bond donors (Lipinski definition) is 2. The second-order valence-corrected chi connectivity index (χ2v) is 6.25. The SMILES string of the molecule is Fc1cccc(NC2=NCCN2C(=S)Nc2ccc(Cl)c(Cl)c2)c1. The van der Waals surface area contributed by atoms with Crippen molar-refractivity contribution < 1.29 is 4.39 Å². The number of rotatable bonds is 2. The molecule has 2 aromatic carbocycles. The molecule has 0 aliphatic carbocycles. The molecule has 1 aliphatic rings. The summed E-state index contributed by atoms with van der Waals surface area (Å²) in [5.74, 6) is 0.250. The van der Waals surface area contributed by atoms with Gasteiger partial charge < -0.3 is 10.6 Å². The van der Waals surface area contributed by atoms with E-state index in [-0.39, 0.29) is 5.82 Å². The number of anilines is 2. The summed E-state index contributed by atoms with van der Waals surface area (Å²) < 4.78 is 13.3. The molecule has 0 saturated carbocycles. The molecule has 0 unspecified atom stereocenters. The molecule has 0 amide bonds. The Kier molecular flexibility index (Phi) is 5.18. The highest BCUT2D eigenvalue weighted by atomic mass is 35.5. The van der Waals surface area contributed by atoms with Crippen LogP contribution in [0.4, 0.5) is 15.8 Å². The number of guanidine groups is 1. The molecule has 0 aromatic heterocycles. The number of thiocarbonyl (C=S) groups is 1. The van der Waals surface area contributed by atoms with Crippen molar-refractivity contribution in [2.75, 3.05) is 23.7 Å². The average molecular weight is 383 g/mol. The maximum Gasteiger partial charge on any atom is 0.204 e. The summed E-state index contributed by atoms with van der Waals surface area (Å²) >= 11 is 17.3. The zero-order valence-electron chi connectivity index (χ0n) is 12.4. The Bertz CT molecular complexity index is 812. The molecule has 0 radical (unpaired) electrons. The van der Waals surface area contributed by atoms with Crippen LogP contribution in [-0.4, -0.2) is 29.1 Å². The van der Waals surface area contributed by atoms with E-state index in [9.17, 15) is 4.39 Å². The van der Waals surface area contributed by atoms with E-state index in [1.165, 1.54) is 12.1 Å². The average Bonchev–Trinajstić information content (AvgIpc) is 2.99. The van der Waals surface area contributed by atoms with Crippen molar-refractivity contribution in [2.45, 2.75) is 0 Å². The van der Waals surface area contributed by atoms with Crippen molar-refractivity contribution in [1.82, 2.24) is 4.90 Å². The van der Waals surface area contributed by atoms with Crippen LogP contribution in [0, 0.1) is 5.82 Å². The largest absolute Gasteiger partial charge is 0.332 e. The monoisotopic (exact) mass is 382 g/mol. The van der Waals surface area contributed by atoms with E-state index in [4.69, 9.17) is 35.4 Å². The molecule has 2 N–H and O–H groups in total. The Hall–Kier alpha value is -1.89. The zero-order chi connectivity index (χ0) is 17.1. The van der Waals surface area contributed by atoms with Crippen molar-refractivity contribution >= 4 is 57.9 Å². The van der Waals surface area contributed by atoms with E-state index in [1.807, 2.05) is 4.90 Å². The molecular weight excluding hydrogens is 370 g/mol. The Morgan fingerprint density at radius 2 is 1.96 bits per heavy atom. The predicted molar refractivity (Wildman–Crippen MR) is 102 cm³/mol.